The fourth-order valence-corrected chi connectivity index (χ4v) is 2.89. The average molecular weight is 347 g/mol. The highest BCUT2D eigenvalue weighted by Crippen LogP contribution is 2.37. The molecule has 2 saturated heterocycles. The maximum atomic E-state index is 14.5. The standard InChI is InChI=1S/C18H23BFNO4/c1-17(2)18(3,4)25-19(24-17)14-9-16(12(10-21)8-15(14)20)23-11-13-6-5-7-22-13/h8-9,13H,5-7,11H2,1-4H3/t13-/m1/s1. The first kappa shape index (κ1) is 18.2. The molecule has 134 valence electrons. The molecule has 2 aliphatic heterocycles. The van der Waals surface area contributed by atoms with Gasteiger partial charge in [-0.1, -0.05) is 0 Å². The number of nitriles is 1. The summed E-state index contributed by atoms with van der Waals surface area (Å²) in [7, 11) is -0.845. The Morgan fingerprint density at radius 2 is 1.96 bits per heavy atom. The van der Waals surface area contributed by atoms with Crippen LogP contribution in [0, 0.1) is 17.1 Å². The van der Waals surface area contributed by atoms with Crippen molar-refractivity contribution in [3.8, 4) is 11.8 Å². The van der Waals surface area contributed by atoms with E-state index >= 15 is 0 Å². The molecule has 0 unspecified atom stereocenters. The van der Waals surface area contributed by atoms with Crippen molar-refractivity contribution in [2.75, 3.05) is 13.2 Å². The van der Waals surface area contributed by atoms with Crippen LogP contribution >= 0.6 is 0 Å². The number of rotatable bonds is 4. The Hall–Kier alpha value is -1.62. The van der Waals surface area contributed by atoms with Crippen LogP contribution in [0.3, 0.4) is 0 Å². The van der Waals surface area contributed by atoms with Crippen molar-refractivity contribution in [1.29, 1.82) is 5.26 Å². The predicted octanol–water partition coefficient (Wildman–Crippen LogP) is 2.55. The molecule has 0 bridgehead atoms. The summed E-state index contributed by atoms with van der Waals surface area (Å²) in [5.41, 5.74) is -0.760. The Morgan fingerprint density at radius 1 is 1.28 bits per heavy atom. The molecule has 0 N–H and O–H groups in total. The van der Waals surface area contributed by atoms with E-state index in [1.165, 1.54) is 12.1 Å². The Labute approximate surface area is 148 Å². The van der Waals surface area contributed by atoms with Crippen molar-refractivity contribution < 1.29 is 23.2 Å². The third-order valence-electron chi connectivity index (χ3n) is 5.18. The first-order valence-corrected chi connectivity index (χ1v) is 8.57. The Morgan fingerprint density at radius 3 is 2.52 bits per heavy atom. The van der Waals surface area contributed by atoms with E-state index in [1.54, 1.807) is 0 Å². The summed E-state index contributed by atoms with van der Waals surface area (Å²) < 4.78 is 37.6. The van der Waals surface area contributed by atoms with Crippen molar-refractivity contribution in [2.45, 2.75) is 57.8 Å². The highest BCUT2D eigenvalue weighted by atomic mass is 19.1. The van der Waals surface area contributed by atoms with Crippen LogP contribution in [0.5, 0.6) is 5.75 Å². The number of hydrogen-bond donors (Lipinski definition) is 0. The quantitative estimate of drug-likeness (QED) is 0.784. The zero-order chi connectivity index (χ0) is 18.2. The molecular weight excluding hydrogens is 324 g/mol. The Bertz CT molecular complexity index is 679. The molecule has 0 spiro atoms. The number of benzene rings is 1. The molecule has 2 aliphatic rings. The van der Waals surface area contributed by atoms with Gasteiger partial charge in [-0.25, -0.2) is 4.39 Å². The molecule has 7 heteroatoms. The molecule has 1 atom stereocenters. The normalized spacial score (nSPS) is 24.3. The molecule has 25 heavy (non-hydrogen) atoms. The first-order chi connectivity index (χ1) is 11.7. The number of ether oxygens (including phenoxy) is 2. The van der Waals surface area contributed by atoms with E-state index in [4.69, 9.17) is 18.8 Å². The smallest absolute Gasteiger partial charge is 0.490 e. The van der Waals surface area contributed by atoms with Crippen molar-refractivity contribution in [3.05, 3.63) is 23.5 Å². The summed E-state index contributed by atoms with van der Waals surface area (Å²) >= 11 is 0. The van der Waals surface area contributed by atoms with Crippen LogP contribution in [-0.2, 0) is 14.0 Å². The van der Waals surface area contributed by atoms with Gasteiger partial charge in [0.05, 0.1) is 22.9 Å². The van der Waals surface area contributed by atoms with Gasteiger partial charge in [-0.2, -0.15) is 5.26 Å². The number of halogens is 1. The van der Waals surface area contributed by atoms with Gasteiger partial charge in [-0.05, 0) is 52.7 Å². The predicted molar refractivity (Wildman–Crippen MR) is 91.3 cm³/mol. The van der Waals surface area contributed by atoms with Crippen LogP contribution in [0.1, 0.15) is 46.1 Å². The minimum atomic E-state index is -0.845. The van der Waals surface area contributed by atoms with Crippen molar-refractivity contribution in [1.82, 2.24) is 0 Å². The second kappa shape index (κ2) is 6.60. The number of nitrogens with zero attached hydrogens (tertiary/aromatic N) is 1. The third kappa shape index (κ3) is 3.52. The molecule has 0 amide bonds. The molecule has 1 aromatic carbocycles. The van der Waals surface area contributed by atoms with Gasteiger partial charge >= 0.3 is 7.12 Å². The van der Waals surface area contributed by atoms with Crippen LogP contribution in [0.4, 0.5) is 4.39 Å². The Kier molecular flexibility index (Phi) is 4.80. The van der Waals surface area contributed by atoms with E-state index in [-0.39, 0.29) is 17.1 Å². The number of hydrogen-bond acceptors (Lipinski definition) is 5. The second-order valence-corrected chi connectivity index (χ2v) is 7.52. The van der Waals surface area contributed by atoms with E-state index in [9.17, 15) is 9.65 Å². The lowest BCUT2D eigenvalue weighted by Crippen LogP contribution is -2.41. The SMILES string of the molecule is CC1(C)OB(c2cc(OC[C@H]3CCCO3)c(C#N)cc2F)OC1(C)C. The topological polar surface area (TPSA) is 60.7 Å². The molecule has 3 rings (SSSR count). The van der Waals surface area contributed by atoms with E-state index in [0.29, 0.717) is 12.4 Å². The van der Waals surface area contributed by atoms with Crippen LogP contribution in [0.25, 0.3) is 0 Å². The van der Waals surface area contributed by atoms with Gasteiger partial charge in [0.25, 0.3) is 0 Å². The van der Waals surface area contributed by atoms with Crippen molar-refractivity contribution >= 4 is 12.6 Å². The lowest BCUT2D eigenvalue weighted by atomic mass is 9.78. The molecule has 2 fully saturated rings. The summed E-state index contributed by atoms with van der Waals surface area (Å²) in [6, 6.07) is 4.65. The van der Waals surface area contributed by atoms with Crippen molar-refractivity contribution in [2.24, 2.45) is 0 Å². The third-order valence-corrected chi connectivity index (χ3v) is 5.18. The van der Waals surface area contributed by atoms with E-state index in [2.05, 4.69) is 0 Å². The second-order valence-electron chi connectivity index (χ2n) is 7.52. The highest BCUT2D eigenvalue weighted by molar-refractivity contribution is 6.62. The minimum absolute atomic E-state index is 0.0110. The lowest BCUT2D eigenvalue weighted by Gasteiger charge is -2.32. The van der Waals surface area contributed by atoms with Crippen LogP contribution < -0.4 is 10.2 Å². The zero-order valence-electron chi connectivity index (χ0n) is 15.1. The molecular formula is C18H23BFNO4. The van der Waals surface area contributed by atoms with E-state index in [0.717, 1.165) is 19.4 Å². The molecule has 0 aromatic heterocycles. The van der Waals surface area contributed by atoms with Gasteiger partial charge in [0.2, 0.25) is 0 Å². The van der Waals surface area contributed by atoms with Gasteiger partial charge < -0.3 is 18.8 Å². The van der Waals surface area contributed by atoms with E-state index < -0.39 is 24.1 Å². The lowest BCUT2D eigenvalue weighted by molar-refractivity contribution is 0.00578. The van der Waals surface area contributed by atoms with Gasteiger partial charge in [0.1, 0.15) is 24.2 Å². The molecule has 0 aliphatic carbocycles. The molecule has 0 saturated carbocycles. The van der Waals surface area contributed by atoms with Gasteiger partial charge in [-0.3, -0.25) is 0 Å². The molecule has 0 radical (unpaired) electrons. The maximum Gasteiger partial charge on any atom is 0.497 e. The molecule has 2 heterocycles. The van der Waals surface area contributed by atoms with Crippen LogP contribution in [-0.4, -0.2) is 37.6 Å². The fraction of sp³-hybridized carbons (Fsp3) is 0.611. The summed E-state index contributed by atoms with van der Waals surface area (Å²) in [4.78, 5) is 0. The highest BCUT2D eigenvalue weighted by Gasteiger charge is 2.52. The van der Waals surface area contributed by atoms with Crippen LogP contribution in [0.2, 0.25) is 0 Å². The minimum Gasteiger partial charge on any atom is -0.490 e. The summed E-state index contributed by atoms with van der Waals surface area (Å²) in [6.45, 7) is 8.68. The van der Waals surface area contributed by atoms with E-state index in [1.807, 2.05) is 33.8 Å². The average Bonchev–Trinajstić information content (AvgIpc) is 3.12. The van der Waals surface area contributed by atoms with Crippen molar-refractivity contribution in [3.63, 3.8) is 0 Å². The maximum absolute atomic E-state index is 14.5. The summed E-state index contributed by atoms with van der Waals surface area (Å²) in [5, 5.41) is 9.27. The zero-order valence-corrected chi connectivity index (χ0v) is 15.1. The van der Waals surface area contributed by atoms with Gasteiger partial charge in [0.15, 0.2) is 0 Å². The Balaban J connectivity index is 1.85. The largest absolute Gasteiger partial charge is 0.497 e. The molecule has 5 nitrogen and oxygen atoms in total. The van der Waals surface area contributed by atoms with Gasteiger partial charge in [-0.15, -0.1) is 0 Å². The molecule has 1 aromatic rings. The summed E-state index contributed by atoms with van der Waals surface area (Å²) in [5.74, 6) is -0.219. The monoisotopic (exact) mass is 347 g/mol. The van der Waals surface area contributed by atoms with Crippen LogP contribution in [0.15, 0.2) is 12.1 Å². The first-order valence-electron chi connectivity index (χ1n) is 8.57. The fourth-order valence-electron chi connectivity index (χ4n) is 2.89. The van der Waals surface area contributed by atoms with Gasteiger partial charge in [0, 0.05) is 12.1 Å². The summed E-state index contributed by atoms with van der Waals surface area (Å²) in [6.07, 6.45) is 1.94.